The second-order valence-electron chi connectivity index (χ2n) is 2.26. The van der Waals surface area contributed by atoms with E-state index >= 15 is 0 Å². The number of esters is 1. The Morgan fingerprint density at radius 3 is 2.75 bits per heavy atom. The highest BCUT2D eigenvalue weighted by atomic mass is 79.9. The van der Waals surface area contributed by atoms with Crippen molar-refractivity contribution in [3.8, 4) is 0 Å². The number of halogens is 1. The van der Waals surface area contributed by atoms with Crippen LogP contribution in [0.15, 0.2) is 12.2 Å². The van der Waals surface area contributed by atoms with Crippen molar-refractivity contribution in [1.29, 1.82) is 0 Å². The third-order valence-electron chi connectivity index (χ3n) is 1.22. The number of carbonyl (C=O) groups is 1. The van der Waals surface area contributed by atoms with Crippen molar-refractivity contribution >= 4 is 21.9 Å². The summed E-state index contributed by atoms with van der Waals surface area (Å²) in [6, 6.07) is 0. The molecular formula is C8H13BrO3. The predicted octanol–water partition coefficient (Wildman–Crippen LogP) is 1.25. The van der Waals surface area contributed by atoms with Gasteiger partial charge in [0.2, 0.25) is 0 Å². The minimum atomic E-state index is -0.372. The maximum absolute atomic E-state index is 11.0. The monoisotopic (exact) mass is 236 g/mol. The van der Waals surface area contributed by atoms with Crippen molar-refractivity contribution in [2.24, 2.45) is 0 Å². The largest absolute Gasteiger partial charge is 0.462 e. The molecule has 0 unspecified atom stereocenters. The van der Waals surface area contributed by atoms with Crippen LogP contribution in [0.4, 0.5) is 0 Å². The molecule has 0 aliphatic carbocycles. The zero-order valence-electron chi connectivity index (χ0n) is 6.88. The van der Waals surface area contributed by atoms with Crippen LogP contribution in [-0.2, 0) is 9.53 Å². The van der Waals surface area contributed by atoms with Crippen LogP contribution in [0.5, 0.6) is 0 Å². The maximum Gasteiger partial charge on any atom is 0.333 e. The van der Waals surface area contributed by atoms with E-state index in [2.05, 4.69) is 22.5 Å². The first-order chi connectivity index (χ1) is 5.72. The fraction of sp³-hybridized carbons (Fsp3) is 0.625. The van der Waals surface area contributed by atoms with Crippen LogP contribution in [0.1, 0.15) is 12.8 Å². The van der Waals surface area contributed by atoms with Crippen LogP contribution in [0.25, 0.3) is 0 Å². The van der Waals surface area contributed by atoms with Crippen LogP contribution in [-0.4, -0.2) is 29.6 Å². The van der Waals surface area contributed by atoms with Crippen LogP contribution in [0, 0.1) is 0 Å². The predicted molar refractivity (Wildman–Crippen MR) is 50.2 cm³/mol. The molecule has 0 aliphatic heterocycles. The molecule has 70 valence electrons. The van der Waals surface area contributed by atoms with E-state index < -0.39 is 0 Å². The van der Waals surface area contributed by atoms with Crippen molar-refractivity contribution < 1.29 is 14.6 Å². The van der Waals surface area contributed by atoms with Gasteiger partial charge in [0.1, 0.15) is 0 Å². The summed E-state index contributed by atoms with van der Waals surface area (Å²) in [4.78, 5) is 11.0. The van der Waals surface area contributed by atoms with E-state index in [0.717, 1.165) is 0 Å². The molecule has 0 spiro atoms. The van der Waals surface area contributed by atoms with Crippen molar-refractivity contribution in [1.82, 2.24) is 0 Å². The van der Waals surface area contributed by atoms with E-state index in [1.807, 2.05) is 0 Å². The lowest BCUT2D eigenvalue weighted by atomic mass is 10.2. The van der Waals surface area contributed by atoms with Gasteiger partial charge in [-0.25, -0.2) is 4.79 Å². The number of rotatable bonds is 6. The summed E-state index contributed by atoms with van der Waals surface area (Å²) >= 11 is 3.19. The topological polar surface area (TPSA) is 46.5 Å². The Morgan fingerprint density at radius 2 is 2.25 bits per heavy atom. The Kier molecular flexibility index (Phi) is 7.09. The van der Waals surface area contributed by atoms with Gasteiger partial charge in [-0.15, -0.1) is 0 Å². The molecule has 3 nitrogen and oxygen atoms in total. The first-order valence-electron chi connectivity index (χ1n) is 3.74. The van der Waals surface area contributed by atoms with E-state index in [4.69, 9.17) is 9.84 Å². The molecule has 0 aromatic carbocycles. The number of carbonyl (C=O) groups excluding carboxylic acids is 1. The number of hydrogen-bond donors (Lipinski definition) is 1. The number of aliphatic hydroxyl groups excluding tert-OH is 1. The molecular weight excluding hydrogens is 224 g/mol. The van der Waals surface area contributed by atoms with Gasteiger partial charge in [0, 0.05) is 23.9 Å². The molecule has 4 heteroatoms. The van der Waals surface area contributed by atoms with Gasteiger partial charge < -0.3 is 9.84 Å². The Labute approximate surface area is 80.5 Å². The maximum atomic E-state index is 11.0. The SMILES string of the molecule is C=C(CCBr)C(=O)OCCCO. The molecule has 1 N–H and O–H groups in total. The van der Waals surface area contributed by atoms with Crippen LogP contribution < -0.4 is 0 Å². The standard InChI is InChI=1S/C8H13BrO3/c1-7(3-4-9)8(11)12-6-2-5-10/h10H,1-6H2. The van der Waals surface area contributed by atoms with Crippen LogP contribution >= 0.6 is 15.9 Å². The van der Waals surface area contributed by atoms with Gasteiger partial charge in [-0.1, -0.05) is 22.5 Å². The molecule has 0 fully saturated rings. The van der Waals surface area contributed by atoms with E-state index in [9.17, 15) is 4.79 Å². The van der Waals surface area contributed by atoms with Crippen molar-refractivity contribution in [2.75, 3.05) is 18.5 Å². The zero-order chi connectivity index (χ0) is 9.40. The van der Waals surface area contributed by atoms with E-state index in [-0.39, 0.29) is 19.2 Å². The highest BCUT2D eigenvalue weighted by Crippen LogP contribution is 2.03. The first kappa shape index (κ1) is 11.6. The molecule has 0 rings (SSSR count). The Hall–Kier alpha value is -0.350. The third-order valence-corrected chi connectivity index (χ3v) is 1.62. The van der Waals surface area contributed by atoms with Gasteiger partial charge in [0.15, 0.2) is 0 Å². The van der Waals surface area contributed by atoms with Gasteiger partial charge in [0.05, 0.1) is 6.61 Å². The van der Waals surface area contributed by atoms with Gasteiger partial charge in [-0.05, 0) is 6.42 Å². The first-order valence-corrected chi connectivity index (χ1v) is 4.86. The Balaban J connectivity index is 3.50. The minimum absolute atomic E-state index is 0.0399. The Bertz CT molecular complexity index is 156. The molecule has 12 heavy (non-hydrogen) atoms. The molecule has 0 radical (unpaired) electrons. The van der Waals surface area contributed by atoms with Gasteiger partial charge in [-0.3, -0.25) is 0 Å². The summed E-state index contributed by atoms with van der Waals surface area (Å²) < 4.78 is 4.78. The molecule has 0 aromatic heterocycles. The van der Waals surface area contributed by atoms with Crippen LogP contribution in [0.2, 0.25) is 0 Å². The minimum Gasteiger partial charge on any atom is -0.462 e. The highest BCUT2D eigenvalue weighted by molar-refractivity contribution is 9.09. The zero-order valence-corrected chi connectivity index (χ0v) is 8.47. The molecule has 0 aliphatic rings. The summed E-state index contributed by atoms with van der Waals surface area (Å²) in [5.41, 5.74) is 0.463. The molecule has 0 bridgehead atoms. The number of aliphatic hydroxyl groups is 1. The summed E-state index contributed by atoms with van der Waals surface area (Å²) in [6.45, 7) is 3.86. The molecule has 0 amide bonds. The fourth-order valence-corrected chi connectivity index (χ4v) is 1.03. The summed E-state index contributed by atoms with van der Waals surface area (Å²) in [5.74, 6) is -0.372. The molecule has 0 saturated carbocycles. The molecule has 0 atom stereocenters. The lowest BCUT2D eigenvalue weighted by Crippen LogP contribution is -2.09. The van der Waals surface area contributed by atoms with Crippen molar-refractivity contribution in [2.45, 2.75) is 12.8 Å². The molecule has 0 saturated heterocycles. The van der Waals surface area contributed by atoms with Crippen LogP contribution in [0.3, 0.4) is 0 Å². The lowest BCUT2D eigenvalue weighted by molar-refractivity contribution is -0.139. The normalized spacial score (nSPS) is 9.50. The second kappa shape index (κ2) is 7.31. The lowest BCUT2D eigenvalue weighted by Gasteiger charge is -2.04. The van der Waals surface area contributed by atoms with Crippen molar-refractivity contribution in [3.05, 3.63) is 12.2 Å². The molecule has 0 aromatic rings. The average Bonchev–Trinajstić information content (AvgIpc) is 2.05. The Morgan fingerprint density at radius 1 is 1.58 bits per heavy atom. The second-order valence-corrected chi connectivity index (χ2v) is 3.05. The quantitative estimate of drug-likeness (QED) is 0.327. The smallest absolute Gasteiger partial charge is 0.333 e. The van der Waals surface area contributed by atoms with Gasteiger partial charge in [-0.2, -0.15) is 0 Å². The third kappa shape index (κ3) is 5.32. The number of alkyl halides is 1. The average molecular weight is 237 g/mol. The summed E-state index contributed by atoms with van der Waals surface area (Å²) in [7, 11) is 0. The number of ether oxygens (including phenoxy) is 1. The highest BCUT2D eigenvalue weighted by Gasteiger charge is 2.06. The molecule has 0 heterocycles. The van der Waals surface area contributed by atoms with Gasteiger partial charge in [0.25, 0.3) is 0 Å². The van der Waals surface area contributed by atoms with E-state index in [1.165, 1.54) is 0 Å². The summed E-state index contributed by atoms with van der Waals surface area (Å²) in [6.07, 6.45) is 1.07. The van der Waals surface area contributed by atoms with E-state index in [1.54, 1.807) is 0 Å². The fourth-order valence-electron chi connectivity index (χ4n) is 0.548. The van der Waals surface area contributed by atoms with Crippen molar-refractivity contribution in [3.63, 3.8) is 0 Å². The summed E-state index contributed by atoms with van der Waals surface area (Å²) in [5, 5.41) is 9.11. The van der Waals surface area contributed by atoms with E-state index in [0.29, 0.717) is 23.7 Å². The van der Waals surface area contributed by atoms with Gasteiger partial charge >= 0.3 is 5.97 Å². The number of hydrogen-bond acceptors (Lipinski definition) is 3.